The van der Waals surface area contributed by atoms with Crippen molar-refractivity contribution in [1.82, 2.24) is 5.32 Å². The molecule has 0 radical (unpaired) electrons. The van der Waals surface area contributed by atoms with Gasteiger partial charge in [-0.2, -0.15) is 0 Å². The number of carbonyl (C=O) groups excluding carboxylic acids is 3. The van der Waals surface area contributed by atoms with Crippen molar-refractivity contribution >= 4 is 62.9 Å². The normalized spacial score (nSPS) is 10.9. The van der Waals surface area contributed by atoms with Crippen molar-refractivity contribution in [1.29, 1.82) is 0 Å². The number of rotatable bonds is 11. The molecule has 7 nitrogen and oxygen atoms in total. The zero-order valence-electron chi connectivity index (χ0n) is 22.2. The molecule has 4 aromatic rings. The Balaban J connectivity index is 1.48. The average molecular weight is 631 g/mol. The molecule has 0 aliphatic carbocycles. The van der Waals surface area contributed by atoms with Crippen LogP contribution in [0.25, 0.3) is 6.08 Å². The van der Waals surface area contributed by atoms with Gasteiger partial charge in [0.25, 0.3) is 11.8 Å². The molecule has 9 heteroatoms. The molecule has 4 aromatic carbocycles. The predicted octanol–water partition coefficient (Wildman–Crippen LogP) is 6.99. The minimum atomic E-state index is -0.504. The van der Waals surface area contributed by atoms with E-state index >= 15 is 0 Å². The number of thioether (sulfide) groups is 1. The maximum absolute atomic E-state index is 13.4. The maximum Gasteiger partial charge on any atom is 0.272 e. The third-order valence-corrected chi connectivity index (χ3v) is 7.16. The van der Waals surface area contributed by atoms with E-state index in [1.165, 1.54) is 11.8 Å². The summed E-state index contributed by atoms with van der Waals surface area (Å²) in [5, 5.41) is 8.47. The van der Waals surface area contributed by atoms with Crippen LogP contribution in [0.2, 0.25) is 0 Å². The lowest BCUT2D eigenvalue weighted by Crippen LogP contribution is -2.30. The van der Waals surface area contributed by atoms with E-state index in [0.29, 0.717) is 34.9 Å². The number of anilines is 2. The second-order valence-corrected chi connectivity index (χ2v) is 10.6. The molecule has 3 amide bonds. The van der Waals surface area contributed by atoms with Crippen LogP contribution in [-0.2, 0) is 9.59 Å². The minimum absolute atomic E-state index is 0.0536. The number of ether oxygens (including phenoxy) is 1. The van der Waals surface area contributed by atoms with Crippen molar-refractivity contribution in [3.63, 3.8) is 0 Å². The molecule has 0 aliphatic rings. The second-order valence-electron chi connectivity index (χ2n) is 8.67. The Labute approximate surface area is 251 Å². The van der Waals surface area contributed by atoms with E-state index in [2.05, 4.69) is 31.9 Å². The van der Waals surface area contributed by atoms with Crippen molar-refractivity contribution in [3.05, 3.63) is 124 Å². The number of halogens is 1. The highest BCUT2D eigenvalue weighted by atomic mass is 79.9. The van der Waals surface area contributed by atoms with Crippen LogP contribution in [0, 0.1) is 0 Å². The molecule has 0 aromatic heterocycles. The molecule has 0 heterocycles. The van der Waals surface area contributed by atoms with Gasteiger partial charge in [-0.25, -0.2) is 0 Å². The lowest BCUT2D eigenvalue weighted by atomic mass is 10.1. The van der Waals surface area contributed by atoms with E-state index in [0.717, 1.165) is 9.37 Å². The Kier molecular flexibility index (Phi) is 10.8. The van der Waals surface area contributed by atoms with Crippen molar-refractivity contribution in [3.8, 4) is 5.75 Å². The van der Waals surface area contributed by atoms with Gasteiger partial charge in [0.1, 0.15) is 11.4 Å². The number of nitrogens with one attached hydrogen (secondary N) is 3. The summed E-state index contributed by atoms with van der Waals surface area (Å²) in [7, 11) is 0. The Bertz CT molecular complexity index is 1540. The van der Waals surface area contributed by atoms with Crippen LogP contribution in [0.3, 0.4) is 0 Å². The van der Waals surface area contributed by atoms with E-state index in [1.807, 2.05) is 61.5 Å². The molecule has 4 rings (SSSR count). The summed E-state index contributed by atoms with van der Waals surface area (Å²) >= 11 is 4.72. The maximum atomic E-state index is 13.4. The molecule has 0 spiro atoms. The predicted molar refractivity (Wildman–Crippen MR) is 168 cm³/mol. The number of hydrogen-bond donors (Lipinski definition) is 3. The third kappa shape index (κ3) is 9.09. The summed E-state index contributed by atoms with van der Waals surface area (Å²) in [6, 6.07) is 30.5. The number of hydrogen-bond acceptors (Lipinski definition) is 5. The van der Waals surface area contributed by atoms with Gasteiger partial charge in [0.15, 0.2) is 0 Å². The smallest absolute Gasteiger partial charge is 0.272 e. The molecule has 0 atom stereocenters. The first-order valence-electron chi connectivity index (χ1n) is 12.8. The first-order chi connectivity index (χ1) is 19.9. The minimum Gasteiger partial charge on any atom is -0.493 e. The topological polar surface area (TPSA) is 96.5 Å². The van der Waals surface area contributed by atoms with Crippen molar-refractivity contribution in [2.24, 2.45) is 0 Å². The molecule has 0 saturated carbocycles. The first kappa shape index (κ1) is 29.6. The standard InChI is InChI=1S/C32H28BrN3O4S/c1-2-40-29-14-7-6-11-23(29)19-28(36-31(38)22-9-4-3-5-10-22)32(39)35-26-12-8-13-27(20-26)41-21-30(37)34-25-17-15-24(33)16-18-25/h3-20H,2,21H2,1H3,(H,34,37)(H,35,39)(H,36,38)/b28-19+. The van der Waals surface area contributed by atoms with Crippen LogP contribution in [0.4, 0.5) is 11.4 Å². The summed E-state index contributed by atoms with van der Waals surface area (Å²) in [5.41, 5.74) is 2.35. The van der Waals surface area contributed by atoms with Crippen LogP contribution in [0.15, 0.2) is 118 Å². The van der Waals surface area contributed by atoms with Crippen LogP contribution in [0.1, 0.15) is 22.8 Å². The fraction of sp³-hybridized carbons (Fsp3) is 0.0938. The van der Waals surface area contributed by atoms with Crippen molar-refractivity contribution in [2.75, 3.05) is 23.0 Å². The van der Waals surface area contributed by atoms with Crippen molar-refractivity contribution in [2.45, 2.75) is 11.8 Å². The number of carbonyl (C=O) groups is 3. The highest BCUT2D eigenvalue weighted by Crippen LogP contribution is 2.24. The summed E-state index contributed by atoms with van der Waals surface area (Å²) in [6.45, 7) is 2.33. The first-order valence-corrected chi connectivity index (χ1v) is 14.6. The molecule has 0 saturated heterocycles. The molecule has 0 fully saturated rings. The Hall–Kier alpha value is -4.34. The Morgan fingerprint density at radius 1 is 0.829 bits per heavy atom. The molecule has 0 bridgehead atoms. The lowest BCUT2D eigenvalue weighted by molar-refractivity contribution is -0.114. The van der Waals surface area contributed by atoms with Crippen LogP contribution in [0.5, 0.6) is 5.75 Å². The quantitative estimate of drug-likeness (QED) is 0.123. The molecule has 41 heavy (non-hydrogen) atoms. The monoisotopic (exact) mass is 629 g/mol. The van der Waals surface area contributed by atoms with Gasteiger partial charge in [-0.15, -0.1) is 11.8 Å². The largest absolute Gasteiger partial charge is 0.493 e. The van der Waals surface area contributed by atoms with Gasteiger partial charge in [0.05, 0.1) is 12.4 Å². The number of benzene rings is 4. The van der Waals surface area contributed by atoms with Gasteiger partial charge >= 0.3 is 0 Å². The van der Waals surface area contributed by atoms with Gasteiger partial charge in [0, 0.05) is 31.9 Å². The third-order valence-electron chi connectivity index (χ3n) is 5.64. The molecule has 0 aliphatic heterocycles. The van der Waals surface area contributed by atoms with E-state index < -0.39 is 11.8 Å². The van der Waals surface area contributed by atoms with E-state index in [-0.39, 0.29) is 17.4 Å². The van der Waals surface area contributed by atoms with Gasteiger partial charge in [-0.05, 0) is 73.7 Å². The molecular formula is C32H28BrN3O4S. The lowest BCUT2D eigenvalue weighted by Gasteiger charge is -2.13. The van der Waals surface area contributed by atoms with Crippen LogP contribution in [-0.4, -0.2) is 30.1 Å². The SMILES string of the molecule is CCOc1ccccc1/C=C(/NC(=O)c1ccccc1)C(=O)Nc1cccc(SCC(=O)Nc2ccc(Br)cc2)c1. The zero-order valence-corrected chi connectivity index (χ0v) is 24.6. The van der Waals surface area contributed by atoms with Gasteiger partial charge < -0.3 is 20.7 Å². The average Bonchev–Trinajstić information content (AvgIpc) is 2.98. The Morgan fingerprint density at radius 3 is 2.32 bits per heavy atom. The van der Waals surface area contributed by atoms with Crippen molar-refractivity contribution < 1.29 is 19.1 Å². The molecule has 208 valence electrons. The van der Waals surface area contributed by atoms with Crippen LogP contribution >= 0.6 is 27.7 Å². The van der Waals surface area contributed by atoms with Crippen LogP contribution < -0.4 is 20.7 Å². The number of amides is 3. The second kappa shape index (κ2) is 14.9. The molecular weight excluding hydrogens is 602 g/mol. The molecule has 0 unspecified atom stereocenters. The van der Waals surface area contributed by atoms with Gasteiger partial charge in [-0.3, -0.25) is 14.4 Å². The van der Waals surface area contributed by atoms with E-state index in [1.54, 1.807) is 54.6 Å². The highest BCUT2D eigenvalue weighted by Gasteiger charge is 2.16. The van der Waals surface area contributed by atoms with Gasteiger partial charge in [-0.1, -0.05) is 58.4 Å². The van der Waals surface area contributed by atoms with E-state index in [9.17, 15) is 14.4 Å². The van der Waals surface area contributed by atoms with E-state index in [4.69, 9.17) is 4.74 Å². The molecule has 3 N–H and O–H groups in total. The summed E-state index contributed by atoms with van der Waals surface area (Å²) < 4.78 is 6.63. The summed E-state index contributed by atoms with van der Waals surface area (Å²) in [5.74, 6) is -0.278. The summed E-state index contributed by atoms with van der Waals surface area (Å²) in [6.07, 6.45) is 1.59. The summed E-state index contributed by atoms with van der Waals surface area (Å²) in [4.78, 5) is 39.6. The fourth-order valence-electron chi connectivity index (χ4n) is 3.73. The zero-order chi connectivity index (χ0) is 29.0. The number of para-hydroxylation sites is 1. The Morgan fingerprint density at radius 2 is 1.56 bits per heavy atom. The highest BCUT2D eigenvalue weighted by molar-refractivity contribution is 9.10. The van der Waals surface area contributed by atoms with Gasteiger partial charge in [0.2, 0.25) is 5.91 Å². The fourth-order valence-corrected chi connectivity index (χ4v) is 4.75.